The number of halogens is 1. The Bertz CT molecular complexity index is 1280. The van der Waals surface area contributed by atoms with Gasteiger partial charge in [-0.2, -0.15) is 4.39 Å². The van der Waals surface area contributed by atoms with E-state index in [4.69, 9.17) is 0 Å². The quantitative estimate of drug-likeness (QED) is 0.579. The Hall–Kier alpha value is -3.33. The van der Waals surface area contributed by atoms with E-state index in [2.05, 4.69) is 36.1 Å². The van der Waals surface area contributed by atoms with Crippen LogP contribution in [-0.2, 0) is 13.0 Å². The van der Waals surface area contributed by atoms with Crippen LogP contribution in [0.5, 0.6) is 0 Å². The van der Waals surface area contributed by atoms with Gasteiger partial charge in [0.2, 0.25) is 5.95 Å². The molecule has 0 bridgehead atoms. The summed E-state index contributed by atoms with van der Waals surface area (Å²) in [4.78, 5) is 39.7. The molecule has 2 fully saturated rings. The van der Waals surface area contributed by atoms with Crippen molar-refractivity contribution in [3.8, 4) is 0 Å². The van der Waals surface area contributed by atoms with E-state index in [-0.39, 0.29) is 17.3 Å². The molecule has 0 unspecified atom stereocenters. The number of aromatic nitrogens is 3. The third-order valence-electron chi connectivity index (χ3n) is 6.85. The van der Waals surface area contributed by atoms with Gasteiger partial charge in [-0.25, -0.2) is 9.97 Å². The lowest BCUT2D eigenvalue weighted by atomic mass is 9.81. The normalized spacial score (nSPS) is 20.4. The van der Waals surface area contributed by atoms with Crippen molar-refractivity contribution in [2.75, 3.05) is 25.0 Å². The zero-order valence-electron chi connectivity index (χ0n) is 18.8. The fourth-order valence-electron chi connectivity index (χ4n) is 4.96. The van der Waals surface area contributed by atoms with E-state index in [0.29, 0.717) is 30.4 Å². The van der Waals surface area contributed by atoms with E-state index in [1.165, 1.54) is 7.05 Å². The van der Waals surface area contributed by atoms with Gasteiger partial charge in [0.15, 0.2) is 0 Å². The third kappa shape index (κ3) is 3.86. The zero-order chi connectivity index (χ0) is 23.1. The summed E-state index contributed by atoms with van der Waals surface area (Å²) >= 11 is 0. The number of aromatic amines is 1. The van der Waals surface area contributed by atoms with Crippen molar-refractivity contribution < 1.29 is 9.18 Å². The number of H-pyrrole nitrogens is 1. The Morgan fingerprint density at radius 2 is 2.00 bits per heavy atom. The Balaban J connectivity index is 1.33. The molecule has 0 spiro atoms. The molecule has 2 aliphatic rings. The van der Waals surface area contributed by atoms with Crippen LogP contribution in [-0.4, -0.2) is 58.0 Å². The molecule has 1 saturated carbocycles. The number of amides is 1. The second-order valence-corrected chi connectivity index (χ2v) is 8.68. The predicted molar refractivity (Wildman–Crippen MR) is 124 cm³/mol. The molecule has 3 heterocycles. The molecule has 2 aromatic heterocycles. The van der Waals surface area contributed by atoms with Crippen LogP contribution in [0, 0.1) is 5.95 Å². The van der Waals surface area contributed by atoms with E-state index in [1.54, 1.807) is 12.1 Å². The Morgan fingerprint density at radius 3 is 2.70 bits per heavy atom. The van der Waals surface area contributed by atoms with Crippen molar-refractivity contribution in [3.63, 3.8) is 0 Å². The number of anilines is 1. The lowest BCUT2D eigenvalue weighted by Crippen LogP contribution is -2.64. The molecule has 1 aliphatic carbocycles. The average Bonchev–Trinajstić information content (AvgIpc) is 2.79. The van der Waals surface area contributed by atoms with Gasteiger partial charge >= 0.3 is 0 Å². The minimum absolute atomic E-state index is 0.0810. The number of aryl methyl sites for hydroxylation is 1. The molecule has 172 valence electrons. The smallest absolute Gasteiger partial charge is 0.270 e. The maximum Gasteiger partial charge on any atom is 0.270 e. The summed E-state index contributed by atoms with van der Waals surface area (Å²) in [6, 6.07) is 9.81. The van der Waals surface area contributed by atoms with E-state index >= 15 is 0 Å². The number of nitrogens with zero attached hydrogens (tertiary/aromatic N) is 4. The van der Waals surface area contributed by atoms with Gasteiger partial charge in [0, 0.05) is 38.8 Å². The van der Waals surface area contributed by atoms with Gasteiger partial charge in [-0.3, -0.25) is 14.5 Å². The standard InChI is InChI=1S/C24H27FN6O2/c1-3-15-24(33)29-18-12-14(4-5-16(18)27-15)13-30-10-11-31(20-9-8-19(20)30)21-7-6-17(23(32)26-2)28-22(21)25/h4-7,12,19-20H,3,8-11,13H2,1-2H3,(H,26,32)(H,29,33)/t19-,20+/m0/s1. The Labute approximate surface area is 190 Å². The molecular formula is C24H27FN6O2. The van der Waals surface area contributed by atoms with Crippen LogP contribution in [0.3, 0.4) is 0 Å². The summed E-state index contributed by atoms with van der Waals surface area (Å²) in [5.41, 5.74) is 3.62. The van der Waals surface area contributed by atoms with E-state index < -0.39 is 11.9 Å². The fraction of sp³-hybridized carbons (Fsp3) is 0.417. The van der Waals surface area contributed by atoms with Gasteiger partial charge in [-0.1, -0.05) is 13.0 Å². The Morgan fingerprint density at radius 1 is 1.18 bits per heavy atom. The molecule has 1 aliphatic heterocycles. The van der Waals surface area contributed by atoms with Crippen molar-refractivity contribution in [1.29, 1.82) is 0 Å². The van der Waals surface area contributed by atoms with Gasteiger partial charge < -0.3 is 15.2 Å². The zero-order valence-corrected chi connectivity index (χ0v) is 18.8. The number of hydrogen-bond donors (Lipinski definition) is 2. The highest BCUT2D eigenvalue weighted by Crippen LogP contribution is 2.38. The van der Waals surface area contributed by atoms with Crippen molar-refractivity contribution >= 4 is 22.6 Å². The van der Waals surface area contributed by atoms with Gasteiger partial charge in [0.25, 0.3) is 11.5 Å². The molecule has 8 nitrogen and oxygen atoms in total. The van der Waals surface area contributed by atoms with Crippen molar-refractivity contribution in [3.05, 3.63) is 63.6 Å². The predicted octanol–water partition coefficient (Wildman–Crippen LogP) is 2.23. The number of pyridine rings is 1. The molecule has 2 N–H and O–H groups in total. The second-order valence-electron chi connectivity index (χ2n) is 8.68. The highest BCUT2D eigenvalue weighted by molar-refractivity contribution is 5.92. The maximum absolute atomic E-state index is 14.8. The molecule has 33 heavy (non-hydrogen) atoms. The molecule has 3 aromatic rings. The first kappa shape index (κ1) is 21.5. The number of rotatable bonds is 5. The number of carbonyl (C=O) groups is 1. The van der Waals surface area contributed by atoms with Crippen LogP contribution in [0.1, 0.15) is 41.5 Å². The first-order valence-electron chi connectivity index (χ1n) is 11.4. The van der Waals surface area contributed by atoms with Crippen LogP contribution in [0.4, 0.5) is 10.1 Å². The number of hydrogen-bond acceptors (Lipinski definition) is 6. The van der Waals surface area contributed by atoms with Crippen molar-refractivity contribution in [1.82, 2.24) is 25.2 Å². The van der Waals surface area contributed by atoms with Crippen LogP contribution in [0.25, 0.3) is 11.0 Å². The van der Waals surface area contributed by atoms with Gasteiger partial charge in [-0.05, 0) is 49.1 Å². The molecule has 0 radical (unpaired) electrons. The van der Waals surface area contributed by atoms with E-state index in [9.17, 15) is 14.0 Å². The van der Waals surface area contributed by atoms with Crippen molar-refractivity contribution in [2.45, 2.75) is 44.8 Å². The highest BCUT2D eigenvalue weighted by atomic mass is 19.1. The molecule has 1 saturated heterocycles. The minimum Gasteiger partial charge on any atom is -0.362 e. The topological polar surface area (TPSA) is 94.2 Å². The molecule has 5 rings (SSSR count). The Kier molecular flexibility index (Phi) is 5.57. The summed E-state index contributed by atoms with van der Waals surface area (Å²) in [6.45, 7) is 4.16. The number of carbonyl (C=O) groups excluding carboxylic acids is 1. The first-order chi connectivity index (χ1) is 16.0. The van der Waals surface area contributed by atoms with Gasteiger partial charge in [-0.15, -0.1) is 0 Å². The molecule has 1 aromatic carbocycles. The average molecular weight is 451 g/mol. The summed E-state index contributed by atoms with van der Waals surface area (Å²) in [5.74, 6) is -1.00. The summed E-state index contributed by atoms with van der Waals surface area (Å²) in [6.07, 6.45) is 2.65. The van der Waals surface area contributed by atoms with E-state index in [0.717, 1.165) is 42.5 Å². The number of fused-ring (bicyclic) bond motifs is 2. The first-order valence-corrected chi connectivity index (χ1v) is 11.4. The van der Waals surface area contributed by atoms with Crippen LogP contribution in [0.15, 0.2) is 35.1 Å². The molecule has 2 atom stereocenters. The largest absolute Gasteiger partial charge is 0.362 e. The minimum atomic E-state index is -0.604. The summed E-state index contributed by atoms with van der Waals surface area (Å²) in [7, 11) is 1.50. The third-order valence-corrected chi connectivity index (χ3v) is 6.85. The molecular weight excluding hydrogens is 423 g/mol. The SMILES string of the molecule is CCc1nc2ccc(CN3CCN(c4ccc(C(=O)NC)nc4F)[C@@H]4CC[C@@H]43)cc2[nH]c1=O. The number of nitrogens with one attached hydrogen (secondary N) is 2. The monoisotopic (exact) mass is 450 g/mol. The number of benzene rings is 1. The van der Waals surface area contributed by atoms with Gasteiger partial charge in [0.1, 0.15) is 11.4 Å². The van der Waals surface area contributed by atoms with Gasteiger partial charge in [0.05, 0.1) is 16.7 Å². The molecule has 1 amide bonds. The fourth-order valence-corrected chi connectivity index (χ4v) is 4.96. The summed E-state index contributed by atoms with van der Waals surface area (Å²) < 4.78 is 14.8. The van der Waals surface area contributed by atoms with Crippen LogP contribution < -0.4 is 15.8 Å². The summed E-state index contributed by atoms with van der Waals surface area (Å²) in [5, 5.41) is 2.47. The molecule has 9 heteroatoms. The maximum atomic E-state index is 14.8. The highest BCUT2D eigenvalue weighted by Gasteiger charge is 2.43. The van der Waals surface area contributed by atoms with Crippen LogP contribution >= 0.6 is 0 Å². The van der Waals surface area contributed by atoms with Crippen LogP contribution in [0.2, 0.25) is 0 Å². The lowest BCUT2D eigenvalue weighted by molar-refractivity contribution is 0.0654. The number of piperazine rings is 1. The second kappa shape index (κ2) is 8.55. The lowest BCUT2D eigenvalue weighted by Gasteiger charge is -2.54. The van der Waals surface area contributed by atoms with Crippen molar-refractivity contribution in [2.24, 2.45) is 0 Å². The van der Waals surface area contributed by atoms with E-state index in [1.807, 2.05) is 19.1 Å².